The van der Waals surface area contributed by atoms with E-state index < -0.39 is 0 Å². The molecule has 3 aromatic rings. The Kier molecular flexibility index (Phi) is 6.88. The molecule has 1 aromatic carbocycles. The minimum absolute atomic E-state index is 0.118. The maximum atomic E-state index is 12.9. The lowest BCUT2D eigenvalue weighted by atomic mass is 10.0. The summed E-state index contributed by atoms with van der Waals surface area (Å²) in [6.07, 6.45) is 3.47. The number of amides is 1. The first-order valence-electron chi connectivity index (χ1n) is 12.2. The summed E-state index contributed by atoms with van der Waals surface area (Å²) >= 11 is 0. The highest BCUT2D eigenvalue weighted by Gasteiger charge is 2.30. The molecule has 2 saturated heterocycles. The number of nitriles is 1. The number of fused-ring (bicyclic) bond motifs is 1. The van der Waals surface area contributed by atoms with E-state index in [1.54, 1.807) is 31.5 Å². The van der Waals surface area contributed by atoms with E-state index >= 15 is 0 Å². The van der Waals surface area contributed by atoms with Crippen LogP contribution in [0, 0.1) is 11.3 Å². The summed E-state index contributed by atoms with van der Waals surface area (Å²) in [5, 5.41) is 19.6. The summed E-state index contributed by atoms with van der Waals surface area (Å²) in [5.41, 5.74) is 2.17. The third-order valence-electron chi connectivity index (χ3n) is 6.71. The number of ether oxygens (including phenoxy) is 2. The van der Waals surface area contributed by atoms with Gasteiger partial charge >= 0.3 is 0 Å². The lowest BCUT2D eigenvalue weighted by molar-refractivity contribution is -0.0716. The fraction of sp³-hybridized carbons (Fsp3) is 0.440. The molecule has 0 spiro atoms. The van der Waals surface area contributed by atoms with Gasteiger partial charge in [-0.1, -0.05) is 0 Å². The SMILES string of the molecule is CCNc1nc(Nc2ccc(C(=O)NC3CCN(C4COC4)CC3)cc2OC)nc2[nH]cc(C#N)c12. The standard InChI is InChI=1S/C25H30N8O3/c1-3-27-22-21-16(11-26)12-28-23(21)32-25(31-22)30-19-5-4-15(10-20(19)35-2)24(34)29-17-6-8-33(9-7-17)18-13-36-14-18/h4-5,10,12,17-18H,3,6-9,13-14H2,1-2H3,(H,29,34)(H3,27,28,30,31,32). The van der Waals surface area contributed by atoms with Crippen LogP contribution in [0.5, 0.6) is 5.75 Å². The summed E-state index contributed by atoms with van der Waals surface area (Å²) in [4.78, 5) is 27.5. The number of hydrogen-bond acceptors (Lipinski definition) is 9. The van der Waals surface area contributed by atoms with Crippen LogP contribution < -0.4 is 20.7 Å². The van der Waals surface area contributed by atoms with Gasteiger partial charge in [0.1, 0.15) is 23.3 Å². The minimum atomic E-state index is -0.118. The fourth-order valence-electron chi connectivity index (χ4n) is 4.64. The predicted molar refractivity (Wildman–Crippen MR) is 136 cm³/mol. The minimum Gasteiger partial charge on any atom is -0.495 e. The molecule has 0 aliphatic carbocycles. The number of aromatic nitrogens is 3. The van der Waals surface area contributed by atoms with Gasteiger partial charge in [-0.3, -0.25) is 9.69 Å². The molecule has 4 N–H and O–H groups in total. The highest BCUT2D eigenvalue weighted by molar-refractivity contribution is 5.96. The van der Waals surface area contributed by atoms with Gasteiger partial charge in [0.25, 0.3) is 5.91 Å². The van der Waals surface area contributed by atoms with Gasteiger partial charge in [-0.2, -0.15) is 15.2 Å². The molecule has 0 unspecified atom stereocenters. The zero-order valence-corrected chi connectivity index (χ0v) is 20.4. The van der Waals surface area contributed by atoms with Crippen molar-refractivity contribution in [2.24, 2.45) is 0 Å². The second-order valence-corrected chi connectivity index (χ2v) is 8.98. The molecule has 1 amide bonds. The van der Waals surface area contributed by atoms with Crippen molar-refractivity contribution in [3.63, 3.8) is 0 Å². The molecular formula is C25H30N8O3. The molecule has 2 fully saturated rings. The Bertz CT molecular complexity index is 1290. The van der Waals surface area contributed by atoms with E-state index in [-0.39, 0.29) is 11.9 Å². The Hall–Kier alpha value is -3.88. The van der Waals surface area contributed by atoms with Crippen molar-refractivity contribution in [1.29, 1.82) is 5.26 Å². The zero-order valence-electron chi connectivity index (χ0n) is 20.4. The third-order valence-corrected chi connectivity index (χ3v) is 6.71. The van der Waals surface area contributed by atoms with Gasteiger partial charge in [-0.05, 0) is 38.0 Å². The molecule has 188 valence electrons. The van der Waals surface area contributed by atoms with Crippen LogP contribution >= 0.6 is 0 Å². The van der Waals surface area contributed by atoms with E-state index in [1.165, 1.54) is 0 Å². The molecule has 11 nitrogen and oxygen atoms in total. The van der Waals surface area contributed by atoms with Crippen molar-refractivity contribution in [1.82, 2.24) is 25.2 Å². The molecular weight excluding hydrogens is 460 g/mol. The normalized spacial score (nSPS) is 16.8. The number of nitrogens with one attached hydrogen (secondary N) is 4. The summed E-state index contributed by atoms with van der Waals surface area (Å²) in [5.74, 6) is 1.28. The zero-order chi connectivity index (χ0) is 25.1. The number of likely N-dealkylation sites (tertiary alicyclic amines) is 1. The van der Waals surface area contributed by atoms with Crippen molar-refractivity contribution >= 4 is 34.4 Å². The average Bonchev–Trinajstić information content (AvgIpc) is 3.28. The molecule has 0 atom stereocenters. The van der Waals surface area contributed by atoms with Gasteiger partial charge in [0.15, 0.2) is 0 Å². The summed E-state index contributed by atoms with van der Waals surface area (Å²) in [7, 11) is 1.56. The van der Waals surface area contributed by atoms with Crippen molar-refractivity contribution < 1.29 is 14.3 Å². The molecule has 0 radical (unpaired) electrons. The number of rotatable bonds is 8. The Morgan fingerprint density at radius 2 is 2.11 bits per heavy atom. The van der Waals surface area contributed by atoms with Gasteiger partial charge in [0.2, 0.25) is 5.95 Å². The Balaban J connectivity index is 1.29. The summed E-state index contributed by atoms with van der Waals surface area (Å²) < 4.78 is 10.9. The molecule has 36 heavy (non-hydrogen) atoms. The maximum Gasteiger partial charge on any atom is 0.251 e. The van der Waals surface area contributed by atoms with E-state index in [1.807, 2.05) is 6.92 Å². The van der Waals surface area contributed by atoms with Crippen LogP contribution in [0.25, 0.3) is 11.0 Å². The molecule has 11 heteroatoms. The van der Waals surface area contributed by atoms with Crippen LogP contribution in [0.2, 0.25) is 0 Å². The predicted octanol–water partition coefficient (Wildman–Crippen LogP) is 2.61. The average molecular weight is 491 g/mol. The number of anilines is 3. The van der Waals surface area contributed by atoms with E-state index in [0.717, 1.165) is 39.1 Å². The summed E-state index contributed by atoms with van der Waals surface area (Å²) in [6.45, 7) is 6.18. The second-order valence-electron chi connectivity index (χ2n) is 8.98. The van der Waals surface area contributed by atoms with Crippen LogP contribution in [0.1, 0.15) is 35.7 Å². The highest BCUT2D eigenvalue weighted by atomic mass is 16.5. The van der Waals surface area contributed by atoms with Crippen LogP contribution in [0.4, 0.5) is 17.5 Å². The lowest BCUT2D eigenvalue weighted by Crippen LogP contribution is -2.54. The number of aromatic amines is 1. The first-order valence-corrected chi connectivity index (χ1v) is 12.2. The molecule has 2 aromatic heterocycles. The quantitative estimate of drug-likeness (QED) is 0.375. The second kappa shape index (κ2) is 10.4. The number of hydrogen-bond donors (Lipinski definition) is 4. The molecule has 5 rings (SSSR count). The first-order chi connectivity index (χ1) is 17.6. The molecule has 2 aliphatic heterocycles. The molecule has 2 aliphatic rings. The summed E-state index contributed by atoms with van der Waals surface area (Å²) in [6, 6.07) is 8.10. The number of carbonyl (C=O) groups is 1. The Morgan fingerprint density at radius 1 is 1.31 bits per heavy atom. The van der Waals surface area contributed by atoms with Gasteiger partial charge in [0.05, 0.1) is 43.0 Å². The van der Waals surface area contributed by atoms with Crippen molar-refractivity contribution in [3.8, 4) is 11.8 Å². The van der Waals surface area contributed by atoms with Crippen LogP contribution in [0.3, 0.4) is 0 Å². The third kappa shape index (κ3) is 4.78. The number of H-pyrrole nitrogens is 1. The number of carbonyl (C=O) groups excluding carboxylic acids is 1. The monoisotopic (exact) mass is 490 g/mol. The van der Waals surface area contributed by atoms with E-state index in [2.05, 4.69) is 41.9 Å². The number of benzene rings is 1. The lowest BCUT2D eigenvalue weighted by Gasteiger charge is -2.41. The Labute approximate surface area is 209 Å². The van der Waals surface area contributed by atoms with Crippen LogP contribution in [-0.2, 0) is 4.74 Å². The van der Waals surface area contributed by atoms with Crippen LogP contribution in [-0.4, -0.2) is 77.8 Å². The van der Waals surface area contributed by atoms with Crippen molar-refractivity contribution in [3.05, 3.63) is 35.5 Å². The molecule has 0 bridgehead atoms. The molecule has 0 saturated carbocycles. The number of methoxy groups -OCH3 is 1. The van der Waals surface area contributed by atoms with Crippen molar-refractivity contribution in [2.45, 2.75) is 31.8 Å². The number of nitrogens with zero attached hydrogens (tertiary/aromatic N) is 4. The maximum absolute atomic E-state index is 12.9. The van der Waals surface area contributed by atoms with Gasteiger partial charge in [-0.25, -0.2) is 0 Å². The topological polar surface area (TPSA) is 140 Å². The van der Waals surface area contributed by atoms with E-state index in [9.17, 15) is 10.1 Å². The van der Waals surface area contributed by atoms with Crippen LogP contribution in [0.15, 0.2) is 24.4 Å². The largest absolute Gasteiger partial charge is 0.495 e. The van der Waals surface area contributed by atoms with Gasteiger partial charge < -0.3 is 30.4 Å². The number of piperidine rings is 1. The smallest absolute Gasteiger partial charge is 0.251 e. The highest BCUT2D eigenvalue weighted by Crippen LogP contribution is 2.31. The molecule has 4 heterocycles. The van der Waals surface area contributed by atoms with E-state index in [4.69, 9.17) is 9.47 Å². The first kappa shape index (κ1) is 23.8. The van der Waals surface area contributed by atoms with Crippen molar-refractivity contribution in [2.75, 3.05) is 50.6 Å². The van der Waals surface area contributed by atoms with Gasteiger partial charge in [0, 0.05) is 37.4 Å². The Morgan fingerprint density at radius 3 is 2.78 bits per heavy atom. The van der Waals surface area contributed by atoms with E-state index in [0.29, 0.717) is 58.0 Å². The fourth-order valence-corrected chi connectivity index (χ4v) is 4.64. The van der Waals surface area contributed by atoms with Gasteiger partial charge in [-0.15, -0.1) is 0 Å².